The van der Waals surface area contributed by atoms with Gasteiger partial charge in [-0.25, -0.2) is 0 Å². The van der Waals surface area contributed by atoms with E-state index in [0.29, 0.717) is 0 Å². The topological polar surface area (TPSA) is 24.7 Å². The van der Waals surface area contributed by atoms with Gasteiger partial charge < -0.3 is 10.0 Å². The molecule has 1 unspecified atom stereocenters. The van der Waals surface area contributed by atoms with Gasteiger partial charge in [0.2, 0.25) is 0 Å². The molecule has 1 fully saturated rings. The number of piperidine rings is 1. The number of rotatable bonds is 4. The lowest BCUT2D eigenvalue weighted by atomic mass is 9.66. The highest BCUT2D eigenvalue weighted by molar-refractivity contribution is 5.29. The number of quaternary nitrogens is 1. The molecular formula is C26H30NO+. The van der Waals surface area contributed by atoms with Gasteiger partial charge in [-0.3, -0.25) is 0 Å². The Hall–Kier alpha value is -2.42. The maximum absolute atomic E-state index is 12.2. The monoisotopic (exact) mass is 372 g/mol. The van der Waals surface area contributed by atoms with E-state index in [4.69, 9.17) is 0 Å². The molecule has 0 radical (unpaired) electrons. The molecule has 28 heavy (non-hydrogen) atoms. The van der Waals surface area contributed by atoms with E-state index in [9.17, 15) is 5.11 Å². The van der Waals surface area contributed by atoms with Crippen molar-refractivity contribution in [3.05, 3.63) is 108 Å². The maximum atomic E-state index is 12.2. The minimum Gasteiger partial charge on any atom is -0.384 e. The van der Waals surface area contributed by atoms with Crippen LogP contribution in [-0.4, -0.2) is 12.2 Å². The molecule has 1 aliphatic heterocycles. The number of hydrogen-bond donors (Lipinski definition) is 2. The summed E-state index contributed by atoms with van der Waals surface area (Å²) in [5.41, 5.74) is 2.79. The van der Waals surface area contributed by atoms with Gasteiger partial charge in [0.25, 0.3) is 0 Å². The molecule has 2 N–H and O–H groups in total. The van der Waals surface area contributed by atoms with Crippen LogP contribution < -0.4 is 4.90 Å². The standard InChI is InChI=1S/C26H29NO/c1-3-23-25(21-15-9-5-10-16-21)27(2)24(20-13-7-4-8-14-20)19-26(23,28)22-17-11-6-12-18-22/h4-18,23-25,28H,3,19H2,1-2H3/p+1/t23-,24+,25+,26+/m1/s1. The zero-order valence-electron chi connectivity index (χ0n) is 16.8. The molecule has 4 rings (SSSR count). The lowest BCUT2D eigenvalue weighted by Gasteiger charge is -2.50. The lowest BCUT2D eigenvalue weighted by Crippen LogP contribution is -3.12. The van der Waals surface area contributed by atoms with Crippen LogP contribution in [0, 0.1) is 5.92 Å². The molecule has 1 heterocycles. The van der Waals surface area contributed by atoms with Gasteiger partial charge in [0.15, 0.2) is 0 Å². The Morgan fingerprint density at radius 3 is 1.86 bits per heavy atom. The summed E-state index contributed by atoms with van der Waals surface area (Å²) in [7, 11) is 2.29. The van der Waals surface area contributed by atoms with E-state index in [1.165, 1.54) is 16.0 Å². The highest BCUT2D eigenvalue weighted by Gasteiger charge is 2.53. The smallest absolute Gasteiger partial charge is 0.119 e. The van der Waals surface area contributed by atoms with Crippen molar-refractivity contribution in [3.8, 4) is 0 Å². The Labute approximate surface area is 168 Å². The zero-order chi connectivity index (χ0) is 19.6. The minimum absolute atomic E-state index is 0.150. The van der Waals surface area contributed by atoms with Crippen LogP contribution >= 0.6 is 0 Å². The summed E-state index contributed by atoms with van der Waals surface area (Å²) in [6.07, 6.45) is 1.67. The second-order valence-electron chi connectivity index (χ2n) is 8.10. The molecule has 0 spiro atoms. The van der Waals surface area contributed by atoms with E-state index in [2.05, 4.69) is 86.8 Å². The second-order valence-corrected chi connectivity index (χ2v) is 8.10. The number of aliphatic hydroxyl groups is 1. The Morgan fingerprint density at radius 2 is 1.32 bits per heavy atom. The molecule has 1 aliphatic rings. The highest BCUT2D eigenvalue weighted by atomic mass is 16.3. The van der Waals surface area contributed by atoms with E-state index >= 15 is 0 Å². The number of hydrogen-bond acceptors (Lipinski definition) is 1. The van der Waals surface area contributed by atoms with Gasteiger partial charge >= 0.3 is 0 Å². The van der Waals surface area contributed by atoms with Gasteiger partial charge in [-0.2, -0.15) is 0 Å². The Morgan fingerprint density at radius 1 is 0.821 bits per heavy atom. The second kappa shape index (κ2) is 7.90. The fraction of sp³-hybridized carbons (Fsp3) is 0.308. The van der Waals surface area contributed by atoms with Crippen LogP contribution in [0.5, 0.6) is 0 Å². The fourth-order valence-electron chi connectivity index (χ4n) is 5.29. The van der Waals surface area contributed by atoms with Crippen molar-refractivity contribution in [3.63, 3.8) is 0 Å². The normalized spacial score (nSPS) is 30.1. The van der Waals surface area contributed by atoms with E-state index in [-0.39, 0.29) is 18.0 Å². The molecule has 0 aliphatic carbocycles. The first-order chi connectivity index (χ1) is 13.6. The summed E-state index contributed by atoms with van der Waals surface area (Å²) in [6, 6.07) is 32.2. The summed E-state index contributed by atoms with van der Waals surface area (Å²) in [4.78, 5) is 1.46. The predicted molar refractivity (Wildman–Crippen MR) is 114 cm³/mol. The largest absolute Gasteiger partial charge is 0.384 e. The molecule has 2 heteroatoms. The van der Waals surface area contributed by atoms with Crippen molar-refractivity contribution in [2.75, 3.05) is 7.05 Å². The van der Waals surface area contributed by atoms with Gasteiger partial charge in [0.1, 0.15) is 17.7 Å². The van der Waals surface area contributed by atoms with Crippen LogP contribution in [0.3, 0.4) is 0 Å². The van der Waals surface area contributed by atoms with Gasteiger partial charge in [0, 0.05) is 23.5 Å². The molecule has 3 aromatic carbocycles. The van der Waals surface area contributed by atoms with Crippen molar-refractivity contribution >= 4 is 0 Å². The molecular weight excluding hydrogens is 342 g/mol. The predicted octanol–water partition coefficient (Wildman–Crippen LogP) is 4.30. The molecule has 0 amide bonds. The SMILES string of the molecule is CC[C@@H]1[C@H](c2ccccc2)[NH+](C)[C@H](c2ccccc2)C[C@]1(O)c1ccccc1. The summed E-state index contributed by atoms with van der Waals surface area (Å²) in [6.45, 7) is 2.21. The first-order valence-electron chi connectivity index (χ1n) is 10.4. The Kier molecular flexibility index (Phi) is 5.34. The zero-order valence-corrected chi connectivity index (χ0v) is 16.8. The number of likely N-dealkylation sites (tertiary alicyclic amines) is 1. The Balaban J connectivity index is 1.86. The average molecular weight is 373 g/mol. The first kappa shape index (κ1) is 18.9. The molecule has 0 saturated carbocycles. The molecule has 2 nitrogen and oxygen atoms in total. The summed E-state index contributed by atoms with van der Waals surface area (Å²) in [5, 5.41) is 12.2. The van der Waals surface area contributed by atoms with Crippen molar-refractivity contribution in [2.24, 2.45) is 5.92 Å². The molecule has 5 atom stereocenters. The van der Waals surface area contributed by atoms with E-state index in [0.717, 1.165) is 18.4 Å². The maximum Gasteiger partial charge on any atom is 0.119 e. The van der Waals surface area contributed by atoms with Crippen LogP contribution in [0.25, 0.3) is 0 Å². The van der Waals surface area contributed by atoms with Gasteiger partial charge in [-0.05, 0) is 12.0 Å². The molecule has 0 aromatic heterocycles. The third-order valence-electron chi connectivity index (χ3n) is 6.65. The summed E-state index contributed by atoms with van der Waals surface area (Å²) < 4.78 is 0. The molecule has 144 valence electrons. The van der Waals surface area contributed by atoms with Crippen LogP contribution in [-0.2, 0) is 5.60 Å². The van der Waals surface area contributed by atoms with E-state index in [1.807, 2.05) is 18.2 Å². The van der Waals surface area contributed by atoms with Crippen molar-refractivity contribution in [1.82, 2.24) is 0 Å². The van der Waals surface area contributed by atoms with Crippen LogP contribution in [0.15, 0.2) is 91.0 Å². The molecule has 3 aromatic rings. The third kappa shape index (κ3) is 3.28. The average Bonchev–Trinajstić information content (AvgIpc) is 2.76. The van der Waals surface area contributed by atoms with E-state index in [1.54, 1.807) is 0 Å². The number of benzene rings is 3. The first-order valence-corrected chi connectivity index (χ1v) is 10.4. The van der Waals surface area contributed by atoms with Crippen LogP contribution in [0.1, 0.15) is 48.5 Å². The number of nitrogens with one attached hydrogen (secondary N) is 1. The van der Waals surface area contributed by atoms with Crippen LogP contribution in [0.4, 0.5) is 0 Å². The van der Waals surface area contributed by atoms with E-state index < -0.39 is 5.60 Å². The van der Waals surface area contributed by atoms with Crippen LogP contribution in [0.2, 0.25) is 0 Å². The van der Waals surface area contributed by atoms with Crippen molar-refractivity contribution in [1.29, 1.82) is 0 Å². The van der Waals surface area contributed by atoms with Crippen molar-refractivity contribution in [2.45, 2.75) is 37.5 Å². The molecule has 1 saturated heterocycles. The van der Waals surface area contributed by atoms with Gasteiger partial charge in [-0.1, -0.05) is 97.9 Å². The summed E-state index contributed by atoms with van der Waals surface area (Å²) in [5.74, 6) is 0.150. The highest BCUT2D eigenvalue weighted by Crippen LogP contribution is 2.47. The summed E-state index contributed by atoms with van der Waals surface area (Å²) >= 11 is 0. The molecule has 0 bridgehead atoms. The van der Waals surface area contributed by atoms with Crippen molar-refractivity contribution < 1.29 is 10.0 Å². The third-order valence-corrected chi connectivity index (χ3v) is 6.65. The minimum atomic E-state index is -0.851. The quantitative estimate of drug-likeness (QED) is 0.701. The van der Waals surface area contributed by atoms with Gasteiger partial charge in [-0.15, -0.1) is 0 Å². The van der Waals surface area contributed by atoms with Gasteiger partial charge in [0.05, 0.1) is 7.05 Å². The lowest BCUT2D eigenvalue weighted by molar-refractivity contribution is -0.958. The fourth-order valence-corrected chi connectivity index (χ4v) is 5.29. The Bertz CT molecular complexity index is 880.